The number of halogens is 24. The van der Waals surface area contributed by atoms with Gasteiger partial charge >= 0.3 is 24.0 Å². The van der Waals surface area contributed by atoms with Crippen molar-refractivity contribution in [2.45, 2.75) is 98.8 Å². The Morgan fingerprint density at radius 1 is 0.469 bits per heavy atom. The molecule has 10 aromatic rings. The van der Waals surface area contributed by atoms with Gasteiger partial charge in [0.2, 0.25) is 15.9 Å². The number of aromatic nitrogens is 6. The number of benzene rings is 7. The molecule has 0 fully saturated rings. The molecule has 7 aromatic carbocycles. The Kier molecular flexibility index (Phi) is 59.4. The minimum atomic E-state index is -2.62. The molecule has 0 unspecified atom stereocenters. The van der Waals surface area contributed by atoms with Crippen LogP contribution in [0.3, 0.4) is 0 Å². The summed E-state index contributed by atoms with van der Waals surface area (Å²) >= 11 is 40.7. The molecule has 3 aromatic heterocycles. The summed E-state index contributed by atoms with van der Waals surface area (Å²) in [6, 6.07) is 12.2. The van der Waals surface area contributed by atoms with Gasteiger partial charge in [-0.1, -0.05) is 69.5 Å². The van der Waals surface area contributed by atoms with Crippen LogP contribution in [0.4, 0.5) is 104 Å². The average molecular weight is 2300 g/mol. The van der Waals surface area contributed by atoms with E-state index in [1.165, 1.54) is 122 Å². The third-order valence-corrected chi connectivity index (χ3v) is 18.9. The number of esters is 2. The fourth-order valence-corrected chi connectivity index (χ4v) is 12.5. The largest absolute Gasteiger partial charge is 0.497 e. The molecule has 0 saturated carbocycles. The Morgan fingerprint density at radius 2 is 0.839 bits per heavy atom. The van der Waals surface area contributed by atoms with Gasteiger partial charge in [-0.3, -0.25) is 5.32 Å². The van der Waals surface area contributed by atoms with E-state index in [9.17, 15) is 89.4 Å². The van der Waals surface area contributed by atoms with Crippen LogP contribution in [-0.2, 0) is 31.7 Å². The predicted octanol–water partition coefficient (Wildman–Crippen LogP) is 24.5. The number of carboxylic acids is 1. The van der Waals surface area contributed by atoms with E-state index in [1.54, 1.807) is 40.0 Å². The monoisotopic (exact) mass is 2300 g/mol. The Hall–Kier alpha value is -12.3. The van der Waals surface area contributed by atoms with Crippen molar-refractivity contribution in [3.8, 4) is 51.7 Å². The molecule has 33 nitrogen and oxygen atoms in total. The highest BCUT2D eigenvalue weighted by atomic mass is 127. The van der Waals surface area contributed by atoms with Crippen LogP contribution in [0.5, 0.6) is 51.7 Å². The van der Waals surface area contributed by atoms with Crippen LogP contribution in [0.1, 0.15) is 104 Å². The fraction of sp³-hybridized carbons (Fsp3) is 0.326. The number of carbonyl (C=O) groups is 4. The van der Waals surface area contributed by atoms with E-state index in [2.05, 4.69) is 130 Å². The predicted molar refractivity (Wildman–Crippen MR) is 512 cm³/mol. The number of anilines is 5. The van der Waals surface area contributed by atoms with Gasteiger partial charge in [-0.2, -0.15) is 5.53 Å². The lowest BCUT2D eigenvalue weighted by molar-refractivity contribution is 0.0583. The van der Waals surface area contributed by atoms with Crippen LogP contribution in [0, 0.1) is 110 Å². The molecule has 143 heavy (non-hydrogen) atoms. The zero-order chi connectivity index (χ0) is 109. The van der Waals surface area contributed by atoms with Gasteiger partial charge in [0.15, 0.2) is 104 Å². The van der Waals surface area contributed by atoms with Crippen molar-refractivity contribution in [3.63, 3.8) is 0 Å². The van der Waals surface area contributed by atoms with E-state index in [4.69, 9.17) is 119 Å². The fourth-order valence-electron chi connectivity index (χ4n) is 9.97. The van der Waals surface area contributed by atoms with Gasteiger partial charge in [-0.15, -0.1) is 0 Å². The average Bonchev–Trinajstić information content (AvgIpc) is 0.813. The smallest absolute Gasteiger partial charge is 0.412 e. The molecule has 0 radical (unpaired) electrons. The van der Waals surface area contributed by atoms with Crippen molar-refractivity contribution in [1.29, 1.82) is 5.53 Å². The highest BCUT2D eigenvalue weighted by Gasteiger charge is 2.29. The van der Waals surface area contributed by atoms with E-state index >= 15 is 0 Å². The first-order valence-corrected chi connectivity index (χ1v) is 42.8. The summed E-state index contributed by atoms with van der Waals surface area (Å²) in [7, 11) is 13.9. The number of aryl methyl sites for hydroxylation is 5. The molecule has 0 bridgehead atoms. The summed E-state index contributed by atoms with van der Waals surface area (Å²) in [5.74, 6) is -15.1. The number of nitrogens with one attached hydrogen (secondary N) is 5. The third-order valence-electron chi connectivity index (χ3n) is 16.6. The second kappa shape index (κ2) is 65.0. The number of hydrogen-bond acceptors (Lipinski definition) is 29. The molecule has 0 spiro atoms. The Labute approximate surface area is 856 Å². The molecule has 3 heterocycles. The second-order valence-electron chi connectivity index (χ2n) is 27.4. The number of nitrogen functional groups attached to an aromatic ring is 1. The van der Waals surface area contributed by atoms with Gasteiger partial charge in [-0.05, 0) is 171 Å². The van der Waals surface area contributed by atoms with Gasteiger partial charge in [0.1, 0.15) is 78.1 Å². The van der Waals surface area contributed by atoms with E-state index in [0.717, 1.165) is 36.4 Å². The summed E-state index contributed by atoms with van der Waals surface area (Å²) in [5, 5.41) is 23.9. The van der Waals surface area contributed by atoms with Crippen molar-refractivity contribution in [2.75, 3.05) is 118 Å². The van der Waals surface area contributed by atoms with Crippen molar-refractivity contribution in [2.24, 2.45) is 20.8 Å². The highest BCUT2D eigenvalue weighted by Crippen LogP contribution is 2.39. The minimum absolute atomic E-state index is 0. The molecule has 0 saturated heterocycles. The molecule has 10 N–H and O–H groups in total. The number of nitrogens with two attached hydrogens (primary N) is 2. The molecule has 57 heteroatoms. The van der Waals surface area contributed by atoms with Crippen LogP contribution in [0.2, 0.25) is 31.3 Å². The zero-order valence-electron chi connectivity index (χ0n) is 77.8. The van der Waals surface area contributed by atoms with Crippen LogP contribution in [0.25, 0.3) is 0 Å². The number of aromatic carboxylic acids is 1. The maximum atomic E-state index is 14.3. The number of hydrogen-bond donors (Lipinski definition) is 8. The first kappa shape index (κ1) is 131. The van der Waals surface area contributed by atoms with E-state index in [1.807, 2.05) is 13.0 Å². The number of nitrogens with zero attached hydrogens (tertiary/aromatic N) is 9. The van der Waals surface area contributed by atoms with Crippen molar-refractivity contribution in [3.05, 3.63) is 229 Å². The highest BCUT2D eigenvalue weighted by molar-refractivity contribution is 14.1. The van der Waals surface area contributed by atoms with Crippen LogP contribution in [-0.4, -0.2) is 169 Å². The van der Waals surface area contributed by atoms with Crippen LogP contribution < -0.4 is 75.4 Å². The SMILES string of the molecule is C.COC(=O)c1c(F)c(C)cc(OC)c1F.COC(=O)c1cc(C)cc(OC)c1.COc1cc(C)c(F)c(C(=O)O)c1F.COc1cc(C)c(F)c(N)c1F.COc1cc(C)c(F)c(NC(=O)OC(C)(C)C)c1F.COc1cc(OC)c(F)c(NCc2cnc(Cl)nc2Cl)c1F.COc1cc(OC)c(F)c(NCc2cnc(Cl)nc2NCC(F)F)c1F.Clc1nc(Cl)c(CI)c(Cl)n1.N=NN=NCl.NCC(F)F. The first-order valence-electron chi connectivity index (χ1n) is 38.7. The van der Waals surface area contributed by atoms with Crippen LogP contribution >= 0.6 is 104 Å². The summed E-state index contributed by atoms with van der Waals surface area (Å²) in [4.78, 5) is 66.9. The lowest BCUT2D eigenvalue weighted by Crippen LogP contribution is -2.28. The Balaban J connectivity index is 0.00000161. The van der Waals surface area contributed by atoms with Gasteiger partial charge in [0, 0.05) is 58.7 Å². The van der Waals surface area contributed by atoms with Crippen molar-refractivity contribution in [1.82, 2.24) is 29.9 Å². The first-order chi connectivity index (χ1) is 66.6. The third kappa shape index (κ3) is 41.5. The normalized spacial score (nSPS) is 10.2. The second-order valence-corrected chi connectivity index (χ2v) is 30.4. The topological polar surface area (TPSA) is 438 Å². The zero-order valence-corrected chi connectivity index (χ0v) is 85.2. The van der Waals surface area contributed by atoms with Gasteiger partial charge in [0.05, 0.1) is 109 Å². The number of methoxy groups -OCH3 is 11. The Morgan fingerprint density at radius 3 is 1.21 bits per heavy atom. The summed E-state index contributed by atoms with van der Waals surface area (Å²) in [6.07, 6.45) is -3.28. The van der Waals surface area contributed by atoms with Gasteiger partial charge in [-0.25, -0.2) is 119 Å². The van der Waals surface area contributed by atoms with Gasteiger partial charge < -0.3 is 89.4 Å². The number of alkyl halides is 5. The molecule has 788 valence electrons. The quantitative estimate of drug-likeness (QED) is 0.00252. The molecular formula is C86H94Cl7F16IN16O17. The summed E-state index contributed by atoms with van der Waals surface area (Å²) < 4.78 is 270. The number of amides is 1. The van der Waals surface area contributed by atoms with E-state index in [-0.39, 0.29) is 127 Å². The lowest BCUT2D eigenvalue weighted by Gasteiger charge is -2.20. The standard InChI is InChI=1S/C15H15ClF4N4O2.C13H11Cl2F2N3O2.C13H17F2NO3.C10H10F2O3.C10H12O3.C9H8F2O3.C8H9F2NO.C5H2Cl3IN2.C2H5F2N.CH4.ClHN4/c1-25-8-3-9(26-2)12(20)13(11(8)19)21-4-7-5-23-15(16)24-14(7)22-6-10(17)18;1-21-7-3-8(22-2)10(17)11(9(7)16)18-4-6-5-19-13(15)20-12(6)14;1-7-6-8(18-5)10(15)11(9(7)14)16-12(17)19-13(2,3)4;1-5-4-6(14-2)9(12)7(8(5)11)10(13)15-3;1-7-4-8(10(11)13-3)6-9(5-7)12-2;1-4-3-5(14-2)8(11)6(7(4)10)9(12)13;1-4-3-5(12-2)7(10)8(11)6(4)9;6-3-2(1-9)4(7)11-5(8)10-3;3-2(4)1-5;;1-3-5-4-2/h3,5,10,21H,4,6H2,1-2H3,(H,22,23,24);3,5,18H,4H2,1-2H3;6H,1-5H3,(H,16,17);4H,1-3H3;4-6H,1-3H3;3H,1-2H3,(H,12,13);3H,11H2,1-2H3;1H2;2H,1,5H2;1H4;2H. The van der Waals surface area contributed by atoms with E-state index < -0.39 is 153 Å². The lowest BCUT2D eigenvalue weighted by atomic mass is 10.1. The molecule has 0 atom stereocenters. The minimum Gasteiger partial charge on any atom is -0.497 e. The number of carboxylic acid groups (broad SMARTS) is 1. The molecule has 1 amide bonds. The molecule has 0 aliphatic rings. The maximum Gasteiger partial charge on any atom is 0.412 e. The molecule has 0 aliphatic heterocycles. The Bertz CT molecular complexity index is 5880. The van der Waals surface area contributed by atoms with Crippen molar-refractivity contribution < 1.29 is 151 Å². The number of ether oxygens (including phenoxy) is 12. The number of rotatable bonds is 25. The molecular weight excluding hydrogens is 2210 g/mol. The van der Waals surface area contributed by atoms with Gasteiger partial charge in [0.25, 0.3) is 12.9 Å². The van der Waals surface area contributed by atoms with Crippen molar-refractivity contribution >= 4 is 157 Å². The summed E-state index contributed by atoms with van der Waals surface area (Å²) in [5.41, 5.74) is 14.5. The number of carbonyl (C=O) groups excluding carboxylic acids is 3. The molecule has 0 aliphatic carbocycles. The van der Waals surface area contributed by atoms with E-state index in [0.29, 0.717) is 31.6 Å². The molecule has 10 rings (SSSR count). The summed E-state index contributed by atoms with van der Waals surface area (Å²) in [6.45, 7) is 11.1. The maximum absolute atomic E-state index is 14.3. The van der Waals surface area contributed by atoms with Crippen LogP contribution in [0.15, 0.2) is 82.1 Å².